The van der Waals surface area contributed by atoms with Crippen LogP contribution >= 0.6 is 0 Å². The second-order valence-corrected chi connectivity index (χ2v) is 6.92. The molecule has 0 bridgehead atoms. The van der Waals surface area contributed by atoms with Gasteiger partial charge < -0.3 is 5.73 Å². The van der Waals surface area contributed by atoms with E-state index in [1.807, 2.05) is 0 Å². The Bertz CT molecular complexity index is 1060. The average Bonchev–Trinajstić information content (AvgIpc) is 2.67. The molecule has 0 radical (unpaired) electrons. The first-order chi connectivity index (χ1) is 14.4. The van der Waals surface area contributed by atoms with E-state index in [2.05, 4.69) is 0 Å². The van der Waals surface area contributed by atoms with Crippen molar-refractivity contribution in [3.63, 3.8) is 0 Å². The summed E-state index contributed by atoms with van der Waals surface area (Å²) in [6, 6.07) is 10.4. The Morgan fingerprint density at radius 3 is 1.87 bits per heavy atom. The highest BCUT2D eigenvalue weighted by Crippen LogP contribution is 2.40. The first-order valence-corrected chi connectivity index (χ1v) is 8.93. The zero-order valence-corrected chi connectivity index (χ0v) is 15.6. The predicted molar refractivity (Wildman–Crippen MR) is 98.0 cm³/mol. The normalized spacial score (nSPS) is 14.4. The minimum absolute atomic E-state index is 0.166. The minimum atomic E-state index is -5.00. The minimum Gasteiger partial charge on any atom is -0.323 e. The average molecular weight is 445 g/mol. The van der Waals surface area contributed by atoms with Crippen LogP contribution in [0.3, 0.4) is 0 Å². The summed E-state index contributed by atoms with van der Waals surface area (Å²) in [5.74, 6) is -3.82. The molecule has 0 fully saturated rings. The lowest BCUT2D eigenvalue weighted by Crippen LogP contribution is -2.23. The Morgan fingerprint density at radius 1 is 0.645 bits per heavy atom. The van der Waals surface area contributed by atoms with Crippen LogP contribution in [0.25, 0.3) is 0 Å². The Labute approximate surface area is 172 Å². The van der Waals surface area contributed by atoms with Gasteiger partial charge in [0.1, 0.15) is 11.6 Å². The molecule has 0 aliphatic rings. The van der Waals surface area contributed by atoms with E-state index in [-0.39, 0.29) is 11.1 Å². The molecule has 9 heteroatoms. The Kier molecular flexibility index (Phi) is 6.09. The van der Waals surface area contributed by atoms with Crippen LogP contribution in [0.2, 0.25) is 0 Å². The summed E-state index contributed by atoms with van der Waals surface area (Å²) in [5.41, 5.74) is 3.38. The molecule has 2 atom stereocenters. The van der Waals surface area contributed by atoms with Crippen LogP contribution in [0.4, 0.5) is 35.1 Å². The van der Waals surface area contributed by atoms with E-state index in [1.54, 1.807) is 18.2 Å². The van der Waals surface area contributed by atoms with Crippen molar-refractivity contribution in [3.05, 3.63) is 106 Å². The molecule has 0 aromatic heterocycles. The fourth-order valence-electron chi connectivity index (χ4n) is 3.38. The molecule has 0 saturated carbocycles. The monoisotopic (exact) mass is 445 g/mol. The third-order valence-corrected chi connectivity index (χ3v) is 4.81. The Morgan fingerprint density at radius 2 is 1.29 bits per heavy atom. The van der Waals surface area contributed by atoms with E-state index in [9.17, 15) is 35.1 Å². The summed E-state index contributed by atoms with van der Waals surface area (Å²) in [5, 5.41) is 0. The number of hydrogen-bond donors (Lipinski definition) is 1. The molecule has 3 aromatic carbocycles. The van der Waals surface area contributed by atoms with Gasteiger partial charge in [-0.05, 0) is 47.0 Å². The zero-order chi connectivity index (χ0) is 23.0. The van der Waals surface area contributed by atoms with Gasteiger partial charge in [-0.25, -0.2) is 8.78 Å². The highest BCUT2D eigenvalue weighted by molar-refractivity contribution is 5.41. The fraction of sp³-hybridized carbons (Fsp3) is 0.182. The van der Waals surface area contributed by atoms with Crippen molar-refractivity contribution in [2.75, 3.05) is 0 Å². The first-order valence-electron chi connectivity index (χ1n) is 8.93. The smallest absolute Gasteiger partial charge is 0.323 e. The molecule has 2 unspecified atom stereocenters. The molecule has 31 heavy (non-hydrogen) atoms. The maximum Gasteiger partial charge on any atom is 0.419 e. The second kappa shape index (κ2) is 8.30. The summed E-state index contributed by atoms with van der Waals surface area (Å²) < 4.78 is 107. The van der Waals surface area contributed by atoms with Gasteiger partial charge in [-0.15, -0.1) is 0 Å². The molecule has 1 nitrogen and oxygen atoms in total. The number of alkyl halides is 6. The highest BCUT2D eigenvalue weighted by Gasteiger charge is 2.36. The fourth-order valence-corrected chi connectivity index (χ4v) is 3.38. The molecule has 3 rings (SSSR count). The van der Waals surface area contributed by atoms with Crippen LogP contribution in [0.15, 0.2) is 66.7 Å². The van der Waals surface area contributed by atoms with Crippen LogP contribution in [0.1, 0.15) is 39.8 Å². The van der Waals surface area contributed by atoms with Crippen LogP contribution in [0, 0.1) is 11.6 Å². The standard InChI is InChI=1S/C22H15F8N/c23-16-9-14(8-15(11-16)21(25,26)27)19(12-4-2-1-3-5-12)20(31)13-6-7-18(24)17(10-13)22(28,29)30/h1-11,19-20H,31H2. The molecule has 0 aliphatic carbocycles. The third-order valence-electron chi connectivity index (χ3n) is 4.81. The van der Waals surface area contributed by atoms with Crippen molar-refractivity contribution < 1.29 is 35.1 Å². The van der Waals surface area contributed by atoms with Gasteiger partial charge in [-0.2, -0.15) is 26.3 Å². The van der Waals surface area contributed by atoms with E-state index in [0.717, 1.165) is 12.1 Å². The van der Waals surface area contributed by atoms with Crippen LogP contribution < -0.4 is 5.73 Å². The first kappa shape index (κ1) is 22.7. The van der Waals surface area contributed by atoms with E-state index >= 15 is 0 Å². The molecule has 0 amide bonds. The summed E-state index contributed by atoms with van der Waals surface area (Å²) >= 11 is 0. The molecule has 0 aliphatic heterocycles. The largest absolute Gasteiger partial charge is 0.419 e. The lowest BCUT2D eigenvalue weighted by Gasteiger charge is -2.27. The van der Waals surface area contributed by atoms with Gasteiger partial charge in [0.25, 0.3) is 0 Å². The number of nitrogens with two attached hydrogens (primary N) is 1. The molecular formula is C22H15F8N. The maximum atomic E-state index is 14.0. The quantitative estimate of drug-likeness (QED) is 0.438. The van der Waals surface area contributed by atoms with Crippen molar-refractivity contribution in [2.24, 2.45) is 5.73 Å². The number of rotatable bonds is 4. The van der Waals surface area contributed by atoms with Gasteiger partial charge in [0.05, 0.1) is 11.1 Å². The molecule has 2 N–H and O–H groups in total. The number of hydrogen-bond acceptors (Lipinski definition) is 1. The Balaban J connectivity index is 2.18. The SMILES string of the molecule is NC(c1ccc(F)c(C(F)(F)F)c1)C(c1ccccc1)c1cc(F)cc(C(F)(F)F)c1. The third kappa shape index (κ3) is 5.04. The van der Waals surface area contributed by atoms with Gasteiger partial charge in [-0.1, -0.05) is 36.4 Å². The number of halogens is 8. The van der Waals surface area contributed by atoms with Crippen molar-refractivity contribution in [1.29, 1.82) is 0 Å². The molecule has 164 valence electrons. The molecule has 3 aromatic rings. The van der Waals surface area contributed by atoms with Crippen molar-refractivity contribution in [2.45, 2.75) is 24.3 Å². The van der Waals surface area contributed by atoms with Crippen molar-refractivity contribution >= 4 is 0 Å². The lowest BCUT2D eigenvalue weighted by molar-refractivity contribution is -0.140. The van der Waals surface area contributed by atoms with Gasteiger partial charge in [0, 0.05) is 12.0 Å². The maximum absolute atomic E-state index is 14.0. The summed E-state index contributed by atoms with van der Waals surface area (Å²) in [7, 11) is 0. The zero-order valence-electron chi connectivity index (χ0n) is 15.6. The number of benzene rings is 3. The molecule has 0 heterocycles. The van der Waals surface area contributed by atoms with E-state index < -0.39 is 47.1 Å². The summed E-state index contributed by atoms with van der Waals surface area (Å²) in [6.07, 6.45) is -9.84. The van der Waals surface area contributed by atoms with Crippen LogP contribution in [-0.4, -0.2) is 0 Å². The molecule has 0 saturated heterocycles. The lowest BCUT2D eigenvalue weighted by atomic mass is 9.81. The van der Waals surface area contributed by atoms with Gasteiger partial charge in [0.15, 0.2) is 0 Å². The van der Waals surface area contributed by atoms with Crippen LogP contribution in [-0.2, 0) is 12.4 Å². The van der Waals surface area contributed by atoms with Crippen LogP contribution in [0.5, 0.6) is 0 Å². The van der Waals surface area contributed by atoms with E-state index in [4.69, 9.17) is 5.73 Å². The van der Waals surface area contributed by atoms with E-state index in [1.165, 1.54) is 12.1 Å². The van der Waals surface area contributed by atoms with Gasteiger partial charge in [-0.3, -0.25) is 0 Å². The molecule has 0 spiro atoms. The predicted octanol–water partition coefficient (Wildman–Crippen LogP) is 6.83. The van der Waals surface area contributed by atoms with Crippen molar-refractivity contribution in [3.8, 4) is 0 Å². The second-order valence-electron chi connectivity index (χ2n) is 6.92. The van der Waals surface area contributed by atoms with Gasteiger partial charge in [0.2, 0.25) is 0 Å². The molecular weight excluding hydrogens is 430 g/mol. The van der Waals surface area contributed by atoms with Crippen molar-refractivity contribution in [1.82, 2.24) is 0 Å². The van der Waals surface area contributed by atoms with Gasteiger partial charge >= 0.3 is 12.4 Å². The van der Waals surface area contributed by atoms with E-state index in [0.29, 0.717) is 29.8 Å². The Hall–Kier alpha value is -2.94. The topological polar surface area (TPSA) is 26.0 Å². The highest BCUT2D eigenvalue weighted by atomic mass is 19.4. The summed E-state index contributed by atoms with van der Waals surface area (Å²) in [6.45, 7) is 0. The summed E-state index contributed by atoms with van der Waals surface area (Å²) in [4.78, 5) is 0.